The third-order valence-corrected chi connectivity index (χ3v) is 6.56. The van der Waals surface area contributed by atoms with Gasteiger partial charge in [0.2, 0.25) is 0 Å². The predicted molar refractivity (Wildman–Crippen MR) is 114 cm³/mol. The minimum atomic E-state index is -3.48. The quantitative estimate of drug-likeness (QED) is 0.466. The zero-order chi connectivity index (χ0) is 21.6. The molecule has 1 aliphatic heterocycles. The molecule has 1 heterocycles. The molecule has 7 heteroatoms. The van der Waals surface area contributed by atoms with Gasteiger partial charge in [0.25, 0.3) is 0 Å². The Balaban J connectivity index is 1.74. The monoisotopic (exact) mass is 430 g/mol. The van der Waals surface area contributed by atoms with Crippen LogP contribution in [0.3, 0.4) is 0 Å². The molecule has 0 aliphatic carbocycles. The van der Waals surface area contributed by atoms with Crippen molar-refractivity contribution in [1.82, 2.24) is 0 Å². The van der Waals surface area contributed by atoms with Crippen LogP contribution in [0.2, 0.25) is 0 Å². The Hall–Kier alpha value is -2.64. The standard InChI is InChI=1S/C23H26O6S/c1-3-11-28-15-17-4-6-18(7-5-17)16-29-21-8-9-22-20(14-21)13-19(23(24)27-2)10-12-30(22,25)26/h4-9,13-14H,3,10-12,15-16H2,1-2H3. The maximum absolute atomic E-state index is 12.5. The van der Waals surface area contributed by atoms with Gasteiger partial charge in [-0.15, -0.1) is 0 Å². The lowest BCUT2D eigenvalue weighted by atomic mass is 10.1. The van der Waals surface area contributed by atoms with Crippen molar-refractivity contribution in [3.05, 3.63) is 64.7 Å². The number of sulfone groups is 1. The van der Waals surface area contributed by atoms with Crippen molar-refractivity contribution in [2.75, 3.05) is 19.5 Å². The molecule has 0 bridgehead atoms. The van der Waals surface area contributed by atoms with Crippen LogP contribution in [0, 0.1) is 0 Å². The number of methoxy groups -OCH3 is 1. The number of carbonyl (C=O) groups is 1. The van der Waals surface area contributed by atoms with Gasteiger partial charge in [-0.1, -0.05) is 31.2 Å². The van der Waals surface area contributed by atoms with Crippen LogP contribution in [0.25, 0.3) is 6.08 Å². The zero-order valence-corrected chi connectivity index (χ0v) is 18.0. The van der Waals surface area contributed by atoms with Gasteiger partial charge < -0.3 is 14.2 Å². The van der Waals surface area contributed by atoms with Crippen molar-refractivity contribution in [1.29, 1.82) is 0 Å². The fraction of sp³-hybridized carbons (Fsp3) is 0.348. The number of esters is 1. The molecule has 2 aromatic rings. The SMILES string of the molecule is CCCOCc1ccc(COc2ccc3c(c2)C=C(C(=O)OC)CCS3(=O)=O)cc1. The molecular formula is C23H26O6S. The smallest absolute Gasteiger partial charge is 0.333 e. The van der Waals surface area contributed by atoms with E-state index in [9.17, 15) is 13.2 Å². The first kappa shape index (κ1) is 22.1. The number of fused-ring (bicyclic) bond motifs is 1. The Morgan fingerprint density at radius 1 is 1.03 bits per heavy atom. The molecular weight excluding hydrogens is 404 g/mol. The van der Waals surface area contributed by atoms with E-state index in [-0.39, 0.29) is 17.1 Å². The van der Waals surface area contributed by atoms with Crippen molar-refractivity contribution in [3.63, 3.8) is 0 Å². The lowest BCUT2D eigenvalue weighted by Gasteiger charge is -2.10. The second-order valence-electron chi connectivity index (χ2n) is 7.09. The average molecular weight is 431 g/mol. The van der Waals surface area contributed by atoms with Gasteiger partial charge in [0.15, 0.2) is 9.84 Å². The molecule has 6 nitrogen and oxygen atoms in total. The summed E-state index contributed by atoms with van der Waals surface area (Å²) in [5.74, 6) is -0.121. The number of hydrogen-bond donors (Lipinski definition) is 0. The first-order chi connectivity index (χ1) is 14.4. The number of benzene rings is 2. The van der Waals surface area contributed by atoms with Gasteiger partial charge in [0.05, 0.1) is 24.4 Å². The van der Waals surface area contributed by atoms with Gasteiger partial charge in [0.1, 0.15) is 12.4 Å². The second-order valence-corrected chi connectivity index (χ2v) is 9.16. The Labute approximate surface area is 177 Å². The van der Waals surface area contributed by atoms with E-state index in [1.807, 2.05) is 24.3 Å². The Morgan fingerprint density at radius 2 is 1.73 bits per heavy atom. The van der Waals surface area contributed by atoms with Crippen LogP contribution < -0.4 is 4.74 Å². The molecule has 0 unspecified atom stereocenters. The first-order valence-electron chi connectivity index (χ1n) is 9.87. The third kappa shape index (κ3) is 5.49. The van der Waals surface area contributed by atoms with Gasteiger partial charge in [-0.25, -0.2) is 13.2 Å². The van der Waals surface area contributed by atoms with E-state index in [2.05, 4.69) is 6.92 Å². The fourth-order valence-corrected chi connectivity index (χ4v) is 4.61. The highest BCUT2D eigenvalue weighted by atomic mass is 32.2. The summed E-state index contributed by atoms with van der Waals surface area (Å²) in [7, 11) is -2.20. The summed E-state index contributed by atoms with van der Waals surface area (Å²) in [6, 6.07) is 12.8. The van der Waals surface area contributed by atoms with Gasteiger partial charge >= 0.3 is 5.97 Å². The summed E-state index contributed by atoms with van der Waals surface area (Å²) in [5.41, 5.74) is 2.86. The van der Waals surface area contributed by atoms with E-state index >= 15 is 0 Å². The second kappa shape index (κ2) is 9.91. The van der Waals surface area contributed by atoms with Crippen molar-refractivity contribution >= 4 is 21.9 Å². The molecule has 0 saturated carbocycles. The maximum Gasteiger partial charge on any atom is 0.333 e. The summed E-state index contributed by atoms with van der Waals surface area (Å²) in [5, 5.41) is 0. The molecule has 2 aromatic carbocycles. The van der Waals surface area contributed by atoms with Crippen LogP contribution >= 0.6 is 0 Å². The molecule has 0 aromatic heterocycles. The van der Waals surface area contributed by atoms with Gasteiger partial charge in [0, 0.05) is 12.2 Å². The molecule has 0 radical (unpaired) electrons. The predicted octanol–water partition coefficient (Wildman–Crippen LogP) is 3.93. The van der Waals surface area contributed by atoms with E-state index in [0.29, 0.717) is 30.1 Å². The molecule has 0 atom stereocenters. The topological polar surface area (TPSA) is 78.9 Å². The van der Waals surface area contributed by atoms with E-state index < -0.39 is 15.8 Å². The van der Waals surface area contributed by atoms with Crippen LogP contribution in [0.4, 0.5) is 0 Å². The molecule has 0 amide bonds. The summed E-state index contributed by atoms with van der Waals surface area (Å²) in [6.45, 7) is 3.74. The Kier molecular flexibility index (Phi) is 7.29. The van der Waals surface area contributed by atoms with Crippen molar-refractivity contribution in [2.24, 2.45) is 0 Å². The normalized spacial score (nSPS) is 14.9. The van der Waals surface area contributed by atoms with Crippen molar-refractivity contribution in [3.8, 4) is 5.75 Å². The lowest BCUT2D eigenvalue weighted by Crippen LogP contribution is -2.10. The highest BCUT2D eigenvalue weighted by Crippen LogP contribution is 2.30. The molecule has 0 N–H and O–H groups in total. The lowest BCUT2D eigenvalue weighted by molar-refractivity contribution is -0.136. The Morgan fingerprint density at radius 3 is 2.40 bits per heavy atom. The van der Waals surface area contributed by atoms with Crippen LogP contribution in [-0.2, 0) is 37.3 Å². The largest absolute Gasteiger partial charge is 0.489 e. The number of ether oxygens (including phenoxy) is 3. The number of hydrogen-bond acceptors (Lipinski definition) is 6. The maximum atomic E-state index is 12.5. The van der Waals surface area contributed by atoms with E-state index in [1.165, 1.54) is 13.2 Å². The average Bonchev–Trinajstić information content (AvgIpc) is 2.88. The van der Waals surface area contributed by atoms with Crippen LogP contribution in [0.15, 0.2) is 52.9 Å². The fourth-order valence-electron chi connectivity index (χ4n) is 3.15. The summed E-state index contributed by atoms with van der Waals surface area (Å²) < 4.78 is 41.2. The zero-order valence-electron chi connectivity index (χ0n) is 17.2. The summed E-state index contributed by atoms with van der Waals surface area (Å²) in [6.07, 6.45) is 2.68. The molecule has 0 fully saturated rings. The van der Waals surface area contributed by atoms with Crippen LogP contribution in [-0.4, -0.2) is 33.9 Å². The molecule has 0 spiro atoms. The number of carbonyl (C=O) groups excluding carboxylic acids is 1. The van der Waals surface area contributed by atoms with Gasteiger partial charge in [-0.3, -0.25) is 0 Å². The van der Waals surface area contributed by atoms with Gasteiger partial charge in [-0.05, 0) is 53.8 Å². The minimum absolute atomic E-state index is 0.119. The van der Waals surface area contributed by atoms with E-state index in [0.717, 1.165) is 24.2 Å². The van der Waals surface area contributed by atoms with Crippen LogP contribution in [0.1, 0.15) is 36.5 Å². The van der Waals surface area contributed by atoms with Gasteiger partial charge in [-0.2, -0.15) is 0 Å². The number of rotatable bonds is 8. The van der Waals surface area contributed by atoms with Crippen LogP contribution in [0.5, 0.6) is 5.75 Å². The molecule has 0 saturated heterocycles. The Bertz CT molecular complexity index is 1020. The third-order valence-electron chi connectivity index (χ3n) is 4.78. The molecule has 160 valence electrons. The first-order valence-corrected chi connectivity index (χ1v) is 11.5. The molecule has 3 rings (SSSR count). The molecule has 1 aliphatic rings. The van der Waals surface area contributed by atoms with Crippen molar-refractivity contribution in [2.45, 2.75) is 37.9 Å². The molecule has 30 heavy (non-hydrogen) atoms. The summed E-state index contributed by atoms with van der Waals surface area (Å²) >= 11 is 0. The van der Waals surface area contributed by atoms with E-state index in [4.69, 9.17) is 14.2 Å². The summed E-state index contributed by atoms with van der Waals surface area (Å²) in [4.78, 5) is 12.1. The highest BCUT2D eigenvalue weighted by Gasteiger charge is 2.25. The highest BCUT2D eigenvalue weighted by molar-refractivity contribution is 7.91. The minimum Gasteiger partial charge on any atom is -0.489 e. The van der Waals surface area contributed by atoms with Crippen molar-refractivity contribution < 1.29 is 27.4 Å². The van der Waals surface area contributed by atoms with E-state index in [1.54, 1.807) is 18.2 Å².